The van der Waals surface area contributed by atoms with Crippen molar-refractivity contribution in [2.75, 3.05) is 13.7 Å². The molecule has 0 aliphatic carbocycles. The van der Waals surface area contributed by atoms with Gasteiger partial charge in [-0.05, 0) is 42.3 Å². The Balaban J connectivity index is 1.82. The summed E-state index contributed by atoms with van der Waals surface area (Å²) < 4.78 is 5.14. The maximum absolute atomic E-state index is 12.2. The van der Waals surface area contributed by atoms with Crippen LogP contribution in [0.1, 0.15) is 31.9 Å². The standard InChI is InChI=1S/C22H29NO3S/c1-16(2)27-20-11-7-17(8-12-20)13-21(24)23-15-22(3,25)14-18-5-9-19(26-4)10-6-18/h5-12,16,25H,13-15H2,1-4H3,(H,23,24)/t22-/m1/s1. The number of amides is 1. The summed E-state index contributed by atoms with van der Waals surface area (Å²) in [7, 11) is 1.62. The first-order chi connectivity index (χ1) is 12.8. The topological polar surface area (TPSA) is 58.6 Å². The Labute approximate surface area is 166 Å². The minimum Gasteiger partial charge on any atom is -0.497 e. The summed E-state index contributed by atoms with van der Waals surface area (Å²) in [5.74, 6) is 0.693. The second kappa shape index (κ2) is 9.81. The molecule has 0 saturated heterocycles. The van der Waals surface area contributed by atoms with Gasteiger partial charge in [0.15, 0.2) is 0 Å². The number of hydrogen-bond donors (Lipinski definition) is 2. The molecule has 0 radical (unpaired) electrons. The maximum atomic E-state index is 12.2. The largest absolute Gasteiger partial charge is 0.497 e. The van der Waals surface area contributed by atoms with Gasteiger partial charge in [-0.1, -0.05) is 38.1 Å². The van der Waals surface area contributed by atoms with Gasteiger partial charge < -0.3 is 15.2 Å². The average Bonchev–Trinajstić information content (AvgIpc) is 2.62. The SMILES string of the molecule is COc1ccc(C[C@@](C)(O)CNC(=O)Cc2ccc(SC(C)C)cc2)cc1. The van der Waals surface area contributed by atoms with Gasteiger partial charge in [0.1, 0.15) is 5.75 Å². The van der Waals surface area contributed by atoms with E-state index >= 15 is 0 Å². The number of hydrogen-bond acceptors (Lipinski definition) is 4. The first kappa shape index (κ1) is 21.3. The lowest BCUT2D eigenvalue weighted by atomic mass is 9.96. The average molecular weight is 388 g/mol. The Morgan fingerprint density at radius 1 is 1.11 bits per heavy atom. The van der Waals surface area contributed by atoms with E-state index in [0.29, 0.717) is 18.1 Å². The van der Waals surface area contributed by atoms with Crippen LogP contribution in [0.3, 0.4) is 0 Å². The molecule has 146 valence electrons. The van der Waals surface area contributed by atoms with Crippen molar-refractivity contribution in [1.29, 1.82) is 0 Å². The van der Waals surface area contributed by atoms with Crippen molar-refractivity contribution in [3.8, 4) is 5.75 Å². The summed E-state index contributed by atoms with van der Waals surface area (Å²) >= 11 is 1.80. The molecular weight excluding hydrogens is 358 g/mol. The Bertz CT molecular complexity index is 724. The summed E-state index contributed by atoms with van der Waals surface area (Å²) in [6.45, 7) is 6.25. The molecule has 1 atom stereocenters. The number of methoxy groups -OCH3 is 1. The van der Waals surface area contributed by atoms with Crippen LogP contribution in [0, 0.1) is 0 Å². The minimum absolute atomic E-state index is 0.0886. The van der Waals surface area contributed by atoms with Crippen LogP contribution in [0.5, 0.6) is 5.75 Å². The fourth-order valence-corrected chi connectivity index (χ4v) is 3.58. The molecule has 0 spiro atoms. The Morgan fingerprint density at radius 2 is 1.70 bits per heavy atom. The second-order valence-corrected chi connectivity index (χ2v) is 8.94. The number of nitrogens with one attached hydrogen (secondary N) is 1. The van der Waals surface area contributed by atoms with Crippen LogP contribution < -0.4 is 10.1 Å². The van der Waals surface area contributed by atoms with Crippen molar-refractivity contribution in [2.45, 2.75) is 49.4 Å². The van der Waals surface area contributed by atoms with E-state index in [0.717, 1.165) is 16.9 Å². The van der Waals surface area contributed by atoms with Gasteiger partial charge in [-0.15, -0.1) is 11.8 Å². The summed E-state index contributed by atoms with van der Waals surface area (Å²) in [6, 6.07) is 15.6. The summed E-state index contributed by atoms with van der Waals surface area (Å²) in [5, 5.41) is 14.0. The van der Waals surface area contributed by atoms with E-state index in [4.69, 9.17) is 4.74 Å². The van der Waals surface area contributed by atoms with Crippen molar-refractivity contribution in [3.05, 3.63) is 59.7 Å². The molecule has 2 N–H and O–H groups in total. The highest BCUT2D eigenvalue weighted by Gasteiger charge is 2.22. The van der Waals surface area contributed by atoms with E-state index in [1.54, 1.807) is 25.8 Å². The molecule has 0 saturated carbocycles. The lowest BCUT2D eigenvalue weighted by Crippen LogP contribution is -2.42. The molecule has 0 fully saturated rings. The maximum Gasteiger partial charge on any atom is 0.224 e. The van der Waals surface area contributed by atoms with Crippen molar-refractivity contribution in [1.82, 2.24) is 5.32 Å². The number of rotatable bonds is 9. The van der Waals surface area contributed by atoms with Crippen LogP contribution in [-0.2, 0) is 17.6 Å². The fourth-order valence-electron chi connectivity index (χ4n) is 2.74. The normalized spacial score (nSPS) is 13.3. The van der Waals surface area contributed by atoms with Crippen molar-refractivity contribution < 1.29 is 14.6 Å². The Morgan fingerprint density at radius 3 is 2.26 bits per heavy atom. The van der Waals surface area contributed by atoms with Crippen LogP contribution in [0.15, 0.2) is 53.4 Å². The number of carbonyl (C=O) groups excluding carboxylic acids is 1. The van der Waals surface area contributed by atoms with Crippen molar-refractivity contribution in [3.63, 3.8) is 0 Å². The molecule has 2 aromatic carbocycles. The van der Waals surface area contributed by atoms with Gasteiger partial charge in [-0.3, -0.25) is 4.79 Å². The lowest BCUT2D eigenvalue weighted by Gasteiger charge is -2.24. The van der Waals surface area contributed by atoms with Gasteiger partial charge in [-0.25, -0.2) is 0 Å². The molecule has 0 aliphatic rings. The van der Waals surface area contributed by atoms with Crippen LogP contribution in [0.4, 0.5) is 0 Å². The number of carbonyl (C=O) groups is 1. The van der Waals surface area contributed by atoms with Crippen molar-refractivity contribution >= 4 is 17.7 Å². The molecule has 2 rings (SSSR count). The second-order valence-electron chi connectivity index (χ2n) is 7.29. The van der Waals surface area contributed by atoms with Gasteiger partial charge in [0.2, 0.25) is 5.91 Å². The molecule has 1 amide bonds. The Kier molecular flexibility index (Phi) is 7.75. The third-order valence-electron chi connectivity index (χ3n) is 4.07. The molecule has 4 nitrogen and oxygen atoms in total. The quantitative estimate of drug-likeness (QED) is 0.642. The van der Waals surface area contributed by atoms with Crippen LogP contribution >= 0.6 is 11.8 Å². The van der Waals surface area contributed by atoms with E-state index in [2.05, 4.69) is 19.2 Å². The van der Waals surface area contributed by atoms with E-state index in [-0.39, 0.29) is 12.5 Å². The first-order valence-corrected chi connectivity index (χ1v) is 10.0. The van der Waals surface area contributed by atoms with Crippen LogP contribution in [0.25, 0.3) is 0 Å². The molecule has 0 heterocycles. The lowest BCUT2D eigenvalue weighted by molar-refractivity contribution is -0.121. The predicted molar refractivity (Wildman–Crippen MR) is 111 cm³/mol. The summed E-state index contributed by atoms with van der Waals surface area (Å²) in [5.41, 5.74) is 0.950. The molecule has 0 bridgehead atoms. The highest BCUT2D eigenvalue weighted by molar-refractivity contribution is 7.99. The zero-order valence-electron chi connectivity index (χ0n) is 16.5. The third kappa shape index (κ3) is 7.65. The monoisotopic (exact) mass is 387 g/mol. The van der Waals surface area contributed by atoms with Gasteiger partial charge in [0.25, 0.3) is 0 Å². The van der Waals surface area contributed by atoms with Crippen LogP contribution in [0.2, 0.25) is 0 Å². The molecule has 0 unspecified atom stereocenters. The van der Waals surface area contributed by atoms with Gasteiger partial charge in [0.05, 0.1) is 19.1 Å². The molecule has 5 heteroatoms. The highest BCUT2D eigenvalue weighted by atomic mass is 32.2. The summed E-state index contributed by atoms with van der Waals surface area (Å²) in [4.78, 5) is 13.4. The van der Waals surface area contributed by atoms with E-state index < -0.39 is 5.60 Å². The number of benzene rings is 2. The molecular formula is C22H29NO3S. The zero-order valence-corrected chi connectivity index (χ0v) is 17.3. The van der Waals surface area contributed by atoms with E-state index in [9.17, 15) is 9.90 Å². The van der Waals surface area contributed by atoms with Crippen LogP contribution in [-0.4, -0.2) is 35.5 Å². The smallest absolute Gasteiger partial charge is 0.224 e. The van der Waals surface area contributed by atoms with E-state index in [1.165, 1.54) is 4.90 Å². The Hall–Kier alpha value is -1.98. The first-order valence-electron chi connectivity index (χ1n) is 9.15. The molecule has 0 aliphatic heterocycles. The third-order valence-corrected chi connectivity index (χ3v) is 5.09. The summed E-state index contributed by atoms with van der Waals surface area (Å²) in [6.07, 6.45) is 0.767. The minimum atomic E-state index is -1.01. The van der Waals surface area contributed by atoms with Crippen molar-refractivity contribution in [2.24, 2.45) is 0 Å². The molecule has 0 aromatic heterocycles. The zero-order chi connectivity index (χ0) is 19.9. The molecule has 2 aromatic rings. The predicted octanol–water partition coefficient (Wildman–Crippen LogP) is 3.85. The van der Waals surface area contributed by atoms with Gasteiger partial charge >= 0.3 is 0 Å². The van der Waals surface area contributed by atoms with E-state index in [1.807, 2.05) is 48.5 Å². The highest BCUT2D eigenvalue weighted by Crippen LogP contribution is 2.23. The fraction of sp³-hybridized carbons (Fsp3) is 0.409. The van der Waals surface area contributed by atoms with Gasteiger partial charge in [0, 0.05) is 23.1 Å². The number of ether oxygens (including phenoxy) is 1. The number of thioether (sulfide) groups is 1. The molecule has 27 heavy (non-hydrogen) atoms. The van der Waals surface area contributed by atoms with Gasteiger partial charge in [-0.2, -0.15) is 0 Å². The number of aliphatic hydroxyl groups is 1.